The van der Waals surface area contributed by atoms with E-state index < -0.39 is 0 Å². The lowest BCUT2D eigenvalue weighted by atomic mass is 10.2. The number of nitrogens with one attached hydrogen (secondary N) is 1. The molecule has 0 saturated carbocycles. The van der Waals surface area contributed by atoms with Gasteiger partial charge in [-0.05, 0) is 36.4 Å². The van der Waals surface area contributed by atoms with E-state index in [1.807, 2.05) is 18.2 Å². The molecule has 0 aliphatic heterocycles. The Balaban J connectivity index is 2.24. The highest BCUT2D eigenvalue weighted by Crippen LogP contribution is 2.25. The first-order valence-corrected chi connectivity index (χ1v) is 5.76. The van der Waals surface area contributed by atoms with Gasteiger partial charge >= 0.3 is 0 Å². The molecule has 92 valence electrons. The number of benzene rings is 2. The molecule has 3 nitrogen and oxygen atoms in total. The Kier molecular flexibility index (Phi) is 3.85. The van der Waals surface area contributed by atoms with Gasteiger partial charge in [0.15, 0.2) is 6.29 Å². The summed E-state index contributed by atoms with van der Waals surface area (Å²) in [5.41, 5.74) is 2.29. The zero-order valence-electron chi connectivity index (χ0n) is 9.81. The van der Waals surface area contributed by atoms with Gasteiger partial charge in [-0.3, -0.25) is 4.79 Å². The van der Waals surface area contributed by atoms with E-state index in [2.05, 4.69) is 5.32 Å². The normalized spacial score (nSPS) is 9.89. The highest BCUT2D eigenvalue weighted by Gasteiger charge is 2.03. The fourth-order valence-electron chi connectivity index (χ4n) is 1.59. The van der Waals surface area contributed by atoms with Crippen molar-refractivity contribution in [2.24, 2.45) is 0 Å². The maximum absolute atomic E-state index is 10.8. The second kappa shape index (κ2) is 5.56. The topological polar surface area (TPSA) is 38.3 Å². The van der Waals surface area contributed by atoms with Crippen LogP contribution in [0.25, 0.3) is 0 Å². The largest absolute Gasteiger partial charge is 0.496 e. The predicted molar refractivity (Wildman–Crippen MR) is 73.1 cm³/mol. The average molecular weight is 262 g/mol. The summed E-state index contributed by atoms with van der Waals surface area (Å²) in [5.74, 6) is 0.545. The van der Waals surface area contributed by atoms with Gasteiger partial charge in [0.25, 0.3) is 0 Å². The standard InChI is InChI=1S/C14H12ClNO2/c1-18-14-8-13(5-2-10(14)9-17)16-12-6-3-11(15)4-7-12/h2-9,16H,1H3. The van der Waals surface area contributed by atoms with Crippen LogP contribution in [-0.4, -0.2) is 13.4 Å². The maximum atomic E-state index is 10.8. The van der Waals surface area contributed by atoms with Gasteiger partial charge in [0.2, 0.25) is 0 Å². The van der Waals surface area contributed by atoms with Crippen molar-refractivity contribution < 1.29 is 9.53 Å². The lowest BCUT2D eigenvalue weighted by molar-refractivity contribution is 0.112. The van der Waals surface area contributed by atoms with Crippen molar-refractivity contribution in [2.45, 2.75) is 0 Å². The first kappa shape index (κ1) is 12.5. The quantitative estimate of drug-likeness (QED) is 0.848. The molecule has 0 radical (unpaired) electrons. The molecular formula is C14H12ClNO2. The van der Waals surface area contributed by atoms with Crippen LogP contribution in [0.5, 0.6) is 5.75 Å². The minimum absolute atomic E-state index is 0.527. The van der Waals surface area contributed by atoms with Crippen molar-refractivity contribution in [3.05, 3.63) is 53.1 Å². The van der Waals surface area contributed by atoms with Gasteiger partial charge in [0.05, 0.1) is 12.7 Å². The van der Waals surface area contributed by atoms with Gasteiger partial charge in [0, 0.05) is 22.5 Å². The molecule has 0 fully saturated rings. The Labute approximate surface area is 110 Å². The van der Waals surface area contributed by atoms with Crippen molar-refractivity contribution >= 4 is 29.3 Å². The Morgan fingerprint density at radius 3 is 2.39 bits per heavy atom. The maximum Gasteiger partial charge on any atom is 0.153 e. The molecular weight excluding hydrogens is 250 g/mol. The average Bonchev–Trinajstić information content (AvgIpc) is 2.41. The Morgan fingerprint density at radius 1 is 1.11 bits per heavy atom. The van der Waals surface area contributed by atoms with Crippen LogP contribution in [0.2, 0.25) is 5.02 Å². The van der Waals surface area contributed by atoms with Gasteiger partial charge in [-0.25, -0.2) is 0 Å². The number of aldehydes is 1. The van der Waals surface area contributed by atoms with E-state index in [0.717, 1.165) is 17.7 Å². The summed E-state index contributed by atoms with van der Waals surface area (Å²) in [6.45, 7) is 0. The summed E-state index contributed by atoms with van der Waals surface area (Å²) >= 11 is 5.82. The van der Waals surface area contributed by atoms with Gasteiger partial charge in [-0.15, -0.1) is 0 Å². The summed E-state index contributed by atoms with van der Waals surface area (Å²) in [4.78, 5) is 10.8. The third-order valence-electron chi connectivity index (χ3n) is 2.49. The summed E-state index contributed by atoms with van der Waals surface area (Å²) in [6.07, 6.45) is 0.769. The van der Waals surface area contributed by atoms with Crippen LogP contribution in [0.1, 0.15) is 10.4 Å². The lowest BCUT2D eigenvalue weighted by Crippen LogP contribution is -1.94. The van der Waals surface area contributed by atoms with Crippen LogP contribution >= 0.6 is 11.6 Å². The molecule has 0 aliphatic rings. The van der Waals surface area contributed by atoms with Gasteiger partial charge < -0.3 is 10.1 Å². The number of methoxy groups -OCH3 is 1. The SMILES string of the molecule is COc1cc(Nc2ccc(Cl)cc2)ccc1C=O. The smallest absolute Gasteiger partial charge is 0.153 e. The molecule has 1 N–H and O–H groups in total. The third kappa shape index (κ3) is 2.81. The number of anilines is 2. The van der Waals surface area contributed by atoms with Crippen molar-refractivity contribution in [1.82, 2.24) is 0 Å². The number of halogens is 1. The van der Waals surface area contributed by atoms with Gasteiger partial charge in [-0.2, -0.15) is 0 Å². The van der Waals surface area contributed by atoms with E-state index in [4.69, 9.17) is 16.3 Å². The van der Waals surface area contributed by atoms with Crippen LogP contribution in [0.3, 0.4) is 0 Å². The fourth-order valence-corrected chi connectivity index (χ4v) is 1.71. The number of hydrogen-bond acceptors (Lipinski definition) is 3. The van der Waals surface area contributed by atoms with Crippen LogP contribution < -0.4 is 10.1 Å². The molecule has 2 aromatic rings. The highest BCUT2D eigenvalue weighted by molar-refractivity contribution is 6.30. The van der Waals surface area contributed by atoms with E-state index in [1.54, 1.807) is 24.3 Å². The zero-order valence-corrected chi connectivity index (χ0v) is 10.6. The van der Waals surface area contributed by atoms with E-state index in [-0.39, 0.29) is 0 Å². The number of hydrogen-bond donors (Lipinski definition) is 1. The van der Waals surface area contributed by atoms with Crippen LogP contribution in [0, 0.1) is 0 Å². The van der Waals surface area contributed by atoms with Crippen molar-refractivity contribution in [2.75, 3.05) is 12.4 Å². The highest BCUT2D eigenvalue weighted by atomic mass is 35.5. The number of carbonyl (C=O) groups is 1. The first-order chi connectivity index (χ1) is 8.72. The molecule has 2 aromatic carbocycles. The van der Waals surface area contributed by atoms with E-state index in [0.29, 0.717) is 16.3 Å². The molecule has 0 heterocycles. The van der Waals surface area contributed by atoms with Crippen LogP contribution in [-0.2, 0) is 0 Å². The van der Waals surface area contributed by atoms with Gasteiger partial charge in [-0.1, -0.05) is 11.6 Å². The Morgan fingerprint density at radius 2 is 1.78 bits per heavy atom. The molecule has 0 aliphatic carbocycles. The molecule has 0 unspecified atom stereocenters. The molecule has 18 heavy (non-hydrogen) atoms. The molecule has 0 bridgehead atoms. The molecule has 0 spiro atoms. The fraction of sp³-hybridized carbons (Fsp3) is 0.0714. The summed E-state index contributed by atoms with van der Waals surface area (Å²) in [6, 6.07) is 12.7. The second-order valence-corrected chi connectivity index (χ2v) is 4.14. The zero-order chi connectivity index (χ0) is 13.0. The van der Waals surface area contributed by atoms with Crippen molar-refractivity contribution in [3.63, 3.8) is 0 Å². The molecule has 4 heteroatoms. The number of ether oxygens (including phenoxy) is 1. The first-order valence-electron chi connectivity index (χ1n) is 5.39. The van der Waals surface area contributed by atoms with E-state index in [9.17, 15) is 4.79 Å². The Hall–Kier alpha value is -2.00. The van der Waals surface area contributed by atoms with Crippen LogP contribution in [0.4, 0.5) is 11.4 Å². The minimum atomic E-state index is 0.527. The Bertz CT molecular complexity index is 552. The molecule has 0 amide bonds. The lowest BCUT2D eigenvalue weighted by Gasteiger charge is -2.09. The van der Waals surface area contributed by atoms with E-state index in [1.165, 1.54) is 7.11 Å². The predicted octanol–water partition coefficient (Wildman–Crippen LogP) is 3.90. The summed E-state index contributed by atoms with van der Waals surface area (Å²) in [7, 11) is 1.54. The van der Waals surface area contributed by atoms with Crippen molar-refractivity contribution in [1.29, 1.82) is 0 Å². The number of rotatable bonds is 4. The molecule has 0 atom stereocenters. The summed E-state index contributed by atoms with van der Waals surface area (Å²) < 4.78 is 5.14. The second-order valence-electron chi connectivity index (χ2n) is 3.71. The molecule has 0 aromatic heterocycles. The summed E-state index contributed by atoms with van der Waals surface area (Å²) in [5, 5.41) is 3.89. The van der Waals surface area contributed by atoms with Crippen molar-refractivity contribution in [3.8, 4) is 5.75 Å². The monoisotopic (exact) mass is 261 g/mol. The minimum Gasteiger partial charge on any atom is -0.496 e. The number of carbonyl (C=O) groups excluding carboxylic acids is 1. The van der Waals surface area contributed by atoms with E-state index >= 15 is 0 Å². The third-order valence-corrected chi connectivity index (χ3v) is 2.75. The molecule has 2 rings (SSSR count). The van der Waals surface area contributed by atoms with Gasteiger partial charge in [0.1, 0.15) is 5.75 Å². The van der Waals surface area contributed by atoms with Crippen LogP contribution in [0.15, 0.2) is 42.5 Å². The molecule has 0 saturated heterocycles.